The molecule has 0 N–H and O–H groups in total. The summed E-state index contributed by atoms with van der Waals surface area (Å²) in [6.45, 7) is 0. The lowest BCUT2D eigenvalue weighted by atomic mass is 9.89. The number of fused-ring (bicyclic) bond motifs is 3. The fourth-order valence-corrected chi connectivity index (χ4v) is 3.63. The molecule has 3 rings (SSSR count). The lowest BCUT2D eigenvalue weighted by Gasteiger charge is -2.39. The zero-order valence-corrected chi connectivity index (χ0v) is 16.8. The van der Waals surface area contributed by atoms with E-state index in [0.717, 1.165) is 17.7 Å². The zero-order valence-electron chi connectivity index (χ0n) is 16.8. The van der Waals surface area contributed by atoms with Gasteiger partial charge in [-0.3, -0.25) is 4.99 Å². The highest BCUT2D eigenvalue weighted by molar-refractivity contribution is 6.07. The summed E-state index contributed by atoms with van der Waals surface area (Å²) in [6.07, 6.45) is -5.41. The van der Waals surface area contributed by atoms with Gasteiger partial charge in [0, 0.05) is 12.6 Å². The van der Waals surface area contributed by atoms with Crippen molar-refractivity contribution in [3.05, 3.63) is 59.2 Å². The molecule has 0 saturated heterocycles. The van der Waals surface area contributed by atoms with E-state index >= 15 is 0 Å². The summed E-state index contributed by atoms with van der Waals surface area (Å²) in [5.74, 6) is -35.7. The van der Waals surface area contributed by atoms with Gasteiger partial charge >= 0.3 is 36.0 Å². The van der Waals surface area contributed by atoms with Crippen molar-refractivity contribution < 1.29 is 52.7 Å². The number of rotatable bonds is 7. The van der Waals surface area contributed by atoms with E-state index in [4.69, 9.17) is 0 Å². The van der Waals surface area contributed by atoms with Gasteiger partial charge in [-0.05, 0) is 34.7 Å². The van der Waals surface area contributed by atoms with Crippen molar-refractivity contribution in [2.75, 3.05) is 7.05 Å². The van der Waals surface area contributed by atoms with Crippen LogP contribution >= 0.6 is 0 Å². The highest BCUT2D eigenvalue weighted by Gasteiger charge is 2.88. The van der Waals surface area contributed by atoms with Crippen molar-refractivity contribution in [1.29, 1.82) is 0 Å². The third kappa shape index (κ3) is 3.37. The largest absolute Gasteiger partial charge is 0.385 e. The summed E-state index contributed by atoms with van der Waals surface area (Å²) < 4.78 is 163. The Morgan fingerprint density at radius 3 is 1.85 bits per heavy atom. The highest BCUT2D eigenvalue weighted by Crippen LogP contribution is 2.58. The fraction of sp³-hybridized carbons (Fsp3) is 0.381. The number of halogens is 12. The quantitative estimate of drug-likeness (QED) is 0.239. The summed E-state index contributed by atoms with van der Waals surface area (Å²) >= 11 is 0. The molecule has 1 aliphatic rings. The molecule has 0 bridgehead atoms. The molecule has 0 aliphatic heterocycles. The molecule has 0 amide bonds. The minimum Gasteiger partial charge on any atom is -0.286 e. The van der Waals surface area contributed by atoms with Gasteiger partial charge in [0.1, 0.15) is 5.71 Å². The maximum atomic E-state index is 14.7. The third-order valence-electron chi connectivity index (χ3n) is 5.46. The summed E-state index contributed by atoms with van der Waals surface area (Å²) in [4.78, 5) is 2.84. The van der Waals surface area contributed by atoms with Gasteiger partial charge in [0.25, 0.3) is 0 Å². The Balaban J connectivity index is 2.06. The minimum absolute atomic E-state index is 0.132. The Morgan fingerprint density at radius 2 is 1.29 bits per heavy atom. The van der Waals surface area contributed by atoms with Crippen molar-refractivity contribution in [3.8, 4) is 11.1 Å². The molecule has 2 aromatic rings. The van der Waals surface area contributed by atoms with Gasteiger partial charge < -0.3 is 0 Å². The lowest BCUT2D eigenvalue weighted by Crippen LogP contribution is -2.70. The number of nitrogens with zero attached hydrogens (tertiary/aromatic N) is 1. The van der Waals surface area contributed by atoms with Crippen LogP contribution in [0.3, 0.4) is 0 Å². The molecule has 0 atom stereocenters. The van der Waals surface area contributed by atoms with Crippen molar-refractivity contribution >= 4 is 5.71 Å². The van der Waals surface area contributed by atoms with E-state index in [9.17, 15) is 52.7 Å². The summed E-state index contributed by atoms with van der Waals surface area (Å²) in [5, 5.41) is 0. The molecule has 34 heavy (non-hydrogen) atoms. The number of aliphatic imine (C=N–C) groups is 1. The number of alkyl halides is 12. The first kappa shape index (κ1) is 25.9. The molecule has 1 aliphatic carbocycles. The van der Waals surface area contributed by atoms with E-state index in [1.54, 1.807) is 24.3 Å². The number of hydrogen-bond donors (Lipinski definition) is 0. The Labute approximate surface area is 184 Å². The first-order chi connectivity index (χ1) is 15.4. The van der Waals surface area contributed by atoms with Crippen LogP contribution in [0.2, 0.25) is 0 Å². The van der Waals surface area contributed by atoms with E-state index in [1.807, 2.05) is 0 Å². The van der Waals surface area contributed by atoms with Gasteiger partial charge in [-0.1, -0.05) is 36.4 Å². The van der Waals surface area contributed by atoms with Crippen LogP contribution in [0.25, 0.3) is 11.1 Å². The molecule has 186 valence electrons. The van der Waals surface area contributed by atoms with Gasteiger partial charge in [-0.15, -0.1) is 0 Å². The first-order valence-corrected chi connectivity index (χ1v) is 9.31. The topological polar surface area (TPSA) is 12.4 Å². The molecule has 13 heteroatoms. The normalized spacial score (nSPS) is 15.5. The lowest BCUT2D eigenvalue weighted by molar-refractivity contribution is -0.404. The Kier molecular flexibility index (Phi) is 6.02. The zero-order chi connectivity index (χ0) is 25.9. The van der Waals surface area contributed by atoms with Crippen LogP contribution in [0.5, 0.6) is 0 Å². The predicted octanol–water partition coefficient (Wildman–Crippen LogP) is 7.12. The van der Waals surface area contributed by atoms with Crippen molar-refractivity contribution in [1.82, 2.24) is 0 Å². The van der Waals surface area contributed by atoms with Gasteiger partial charge in [0.05, 0.1) is 0 Å². The monoisotopic (exact) mass is 507 g/mol. The van der Waals surface area contributed by atoms with Crippen LogP contribution in [0.4, 0.5) is 52.7 Å². The number of benzene rings is 2. The SMILES string of the molecule is C/N=C(/c1ccc2c(c1)Cc1ccccc1-2)C(F)(F)C(F)(F)C(F)(F)C(F)(F)C(F)(F)C(F)F. The van der Waals surface area contributed by atoms with Crippen LogP contribution in [0, 0.1) is 0 Å². The molecule has 0 heterocycles. The molecule has 0 fully saturated rings. The van der Waals surface area contributed by atoms with Gasteiger partial charge in [0.2, 0.25) is 0 Å². The summed E-state index contributed by atoms with van der Waals surface area (Å²) in [6, 6.07) is 9.54. The van der Waals surface area contributed by atoms with Crippen LogP contribution in [0.15, 0.2) is 47.5 Å². The summed E-state index contributed by atoms with van der Waals surface area (Å²) in [7, 11) is 0.464. The number of hydrogen-bond acceptors (Lipinski definition) is 1. The molecule has 2 aromatic carbocycles. The first-order valence-electron chi connectivity index (χ1n) is 9.31. The van der Waals surface area contributed by atoms with Gasteiger partial charge in [-0.2, -0.15) is 43.9 Å². The van der Waals surface area contributed by atoms with E-state index in [1.165, 1.54) is 6.07 Å². The van der Waals surface area contributed by atoms with Crippen LogP contribution in [-0.2, 0) is 6.42 Å². The molecule has 0 radical (unpaired) electrons. The molecule has 0 unspecified atom stereocenters. The molecular formula is C21H13F12N. The van der Waals surface area contributed by atoms with Crippen LogP contribution in [-0.4, -0.2) is 48.8 Å². The van der Waals surface area contributed by atoms with Gasteiger partial charge in [0.15, 0.2) is 0 Å². The third-order valence-corrected chi connectivity index (χ3v) is 5.46. The van der Waals surface area contributed by atoms with E-state index in [2.05, 4.69) is 4.99 Å². The van der Waals surface area contributed by atoms with Crippen molar-refractivity contribution in [2.24, 2.45) is 4.99 Å². The Morgan fingerprint density at radius 1 is 0.735 bits per heavy atom. The maximum absolute atomic E-state index is 14.7. The Hall–Kier alpha value is -2.73. The van der Waals surface area contributed by atoms with Gasteiger partial charge in [-0.25, -0.2) is 8.78 Å². The average Bonchev–Trinajstić information content (AvgIpc) is 3.11. The molecule has 0 spiro atoms. The van der Waals surface area contributed by atoms with Crippen molar-refractivity contribution in [2.45, 2.75) is 42.5 Å². The molecule has 0 aromatic heterocycles. The second kappa shape index (κ2) is 7.91. The maximum Gasteiger partial charge on any atom is 0.385 e. The summed E-state index contributed by atoms with van der Waals surface area (Å²) in [5.41, 5.74) is -0.803. The van der Waals surface area contributed by atoms with E-state index in [-0.39, 0.29) is 6.42 Å². The minimum atomic E-state index is -7.60. The second-order valence-corrected chi connectivity index (χ2v) is 7.50. The predicted molar refractivity (Wildman–Crippen MR) is 97.9 cm³/mol. The Bertz CT molecular complexity index is 1120. The fourth-order valence-electron chi connectivity index (χ4n) is 3.63. The van der Waals surface area contributed by atoms with E-state index < -0.39 is 47.3 Å². The average molecular weight is 507 g/mol. The highest BCUT2D eigenvalue weighted by atomic mass is 19.4. The van der Waals surface area contributed by atoms with Crippen LogP contribution in [0.1, 0.15) is 16.7 Å². The molecule has 0 saturated carbocycles. The molecular weight excluding hydrogens is 494 g/mol. The van der Waals surface area contributed by atoms with Crippen molar-refractivity contribution in [3.63, 3.8) is 0 Å². The standard InChI is InChI=1S/C21H13F12N/c1-34-15(11-6-7-14-12(9-11)8-10-4-2-3-5-13(10)14)17(24,25)19(28,29)21(32,33)20(30,31)18(26,27)16(22)23/h2-7,9,16H,8H2,1H3/b34-15-. The van der Waals surface area contributed by atoms with Crippen LogP contribution < -0.4 is 0 Å². The second-order valence-electron chi connectivity index (χ2n) is 7.50. The molecule has 1 nitrogen and oxygen atoms in total. The van der Waals surface area contributed by atoms with E-state index in [0.29, 0.717) is 23.7 Å². The smallest absolute Gasteiger partial charge is 0.286 e.